The third-order valence-electron chi connectivity index (χ3n) is 2.99. The first-order valence-corrected chi connectivity index (χ1v) is 7.28. The van der Waals surface area contributed by atoms with Crippen LogP contribution in [0.5, 0.6) is 0 Å². The zero-order chi connectivity index (χ0) is 14.9. The molecule has 1 aliphatic rings. The zero-order valence-corrected chi connectivity index (χ0v) is 13.4. The van der Waals surface area contributed by atoms with Crippen LogP contribution in [0.15, 0.2) is 16.7 Å². The molecule has 1 atom stereocenters. The van der Waals surface area contributed by atoms with Crippen molar-refractivity contribution in [2.45, 2.75) is 38.9 Å². The predicted molar refractivity (Wildman–Crippen MR) is 80.0 cm³/mol. The maximum atomic E-state index is 11.1. The van der Waals surface area contributed by atoms with Gasteiger partial charge in [-0.3, -0.25) is 0 Å². The first-order chi connectivity index (χ1) is 9.26. The summed E-state index contributed by atoms with van der Waals surface area (Å²) in [5, 5.41) is 11.1. The lowest BCUT2D eigenvalue weighted by atomic mass is 10.2. The number of nitrogens with zero attached hydrogens (tertiary/aromatic N) is 3. The largest absolute Gasteiger partial charge is 0.387 e. The summed E-state index contributed by atoms with van der Waals surface area (Å²) in [4.78, 5) is 16.5. The van der Waals surface area contributed by atoms with Crippen LogP contribution in [0.25, 0.3) is 0 Å². The average molecular weight is 344 g/mol. The van der Waals surface area contributed by atoms with Crippen LogP contribution in [-0.4, -0.2) is 34.7 Å². The van der Waals surface area contributed by atoms with Gasteiger partial charge < -0.3 is 19.8 Å². The minimum absolute atomic E-state index is 0.0913. The number of rotatable bonds is 3. The minimum Gasteiger partial charge on any atom is -0.371 e. The summed E-state index contributed by atoms with van der Waals surface area (Å²) in [6.07, 6.45) is 2.40. The van der Waals surface area contributed by atoms with E-state index in [-0.39, 0.29) is 17.5 Å². The van der Waals surface area contributed by atoms with Crippen molar-refractivity contribution >= 4 is 27.4 Å². The van der Waals surface area contributed by atoms with Gasteiger partial charge in [-0.25, -0.2) is 0 Å². The van der Waals surface area contributed by atoms with Gasteiger partial charge in [0.1, 0.15) is 5.69 Å². The van der Waals surface area contributed by atoms with Crippen LogP contribution >= 0.6 is 15.9 Å². The molecule has 0 spiro atoms. The Bertz CT molecular complexity index is 516. The van der Waals surface area contributed by atoms with Crippen molar-refractivity contribution < 1.29 is 9.66 Å². The van der Waals surface area contributed by atoms with Crippen molar-refractivity contribution in [1.29, 1.82) is 0 Å². The zero-order valence-electron chi connectivity index (χ0n) is 11.8. The fraction of sp³-hybridized carbons (Fsp3) is 0.615. The van der Waals surface area contributed by atoms with E-state index in [9.17, 15) is 10.1 Å². The minimum atomic E-state index is -0.445. The van der Waals surface area contributed by atoms with Crippen LogP contribution in [0.4, 0.5) is 11.5 Å². The van der Waals surface area contributed by atoms with Gasteiger partial charge in [-0.05, 0) is 59.1 Å². The maximum Gasteiger partial charge on any atom is 0.387 e. The van der Waals surface area contributed by atoms with Crippen molar-refractivity contribution in [2.24, 2.45) is 0 Å². The van der Waals surface area contributed by atoms with Gasteiger partial charge in [0.25, 0.3) is 0 Å². The van der Waals surface area contributed by atoms with Crippen molar-refractivity contribution in [1.82, 2.24) is 4.98 Å². The number of halogens is 1. The van der Waals surface area contributed by atoms with E-state index >= 15 is 0 Å². The highest BCUT2D eigenvalue weighted by molar-refractivity contribution is 9.10. The summed E-state index contributed by atoms with van der Waals surface area (Å²) in [6.45, 7) is 7.42. The van der Waals surface area contributed by atoms with Gasteiger partial charge in [0.15, 0.2) is 6.20 Å². The third kappa shape index (κ3) is 3.67. The molecule has 0 aromatic carbocycles. The molecule has 1 aromatic rings. The van der Waals surface area contributed by atoms with Crippen molar-refractivity contribution in [3.63, 3.8) is 0 Å². The van der Waals surface area contributed by atoms with Crippen LogP contribution in [-0.2, 0) is 4.74 Å². The van der Waals surface area contributed by atoms with Crippen LogP contribution in [0, 0.1) is 10.1 Å². The molecule has 1 fully saturated rings. The number of aromatic nitrogens is 1. The fourth-order valence-electron chi connectivity index (χ4n) is 2.34. The fourth-order valence-corrected chi connectivity index (χ4v) is 2.66. The second-order valence-corrected chi connectivity index (χ2v) is 6.76. The van der Waals surface area contributed by atoms with Gasteiger partial charge in [0.05, 0.1) is 16.2 Å². The van der Waals surface area contributed by atoms with Gasteiger partial charge in [-0.1, -0.05) is 0 Å². The Labute approximate surface area is 126 Å². The first-order valence-electron chi connectivity index (χ1n) is 6.49. The molecule has 2 heterocycles. The molecular weight excluding hydrogens is 326 g/mol. The van der Waals surface area contributed by atoms with E-state index in [0.717, 1.165) is 17.4 Å². The summed E-state index contributed by atoms with van der Waals surface area (Å²) >= 11 is 3.31. The summed E-state index contributed by atoms with van der Waals surface area (Å²) in [5.41, 5.74) is 0.340. The van der Waals surface area contributed by atoms with E-state index in [2.05, 4.69) is 20.9 Å². The molecule has 110 valence electrons. The van der Waals surface area contributed by atoms with E-state index in [0.29, 0.717) is 12.2 Å². The Morgan fingerprint density at radius 1 is 1.55 bits per heavy atom. The lowest BCUT2D eigenvalue weighted by Gasteiger charge is -2.25. The van der Waals surface area contributed by atoms with E-state index in [1.54, 1.807) is 6.07 Å². The average Bonchev–Trinajstić information content (AvgIpc) is 2.74. The molecular formula is C13H18BrN3O3. The molecule has 6 nitrogen and oxygen atoms in total. The molecule has 1 saturated heterocycles. The molecule has 1 unspecified atom stereocenters. The smallest absolute Gasteiger partial charge is 0.371 e. The molecule has 20 heavy (non-hydrogen) atoms. The number of nitro groups is 1. The third-order valence-corrected chi connectivity index (χ3v) is 3.43. The van der Waals surface area contributed by atoms with E-state index in [1.807, 2.05) is 25.7 Å². The van der Waals surface area contributed by atoms with E-state index in [1.165, 1.54) is 6.20 Å². The monoisotopic (exact) mass is 343 g/mol. The molecule has 7 heteroatoms. The van der Waals surface area contributed by atoms with E-state index < -0.39 is 4.92 Å². The highest BCUT2D eigenvalue weighted by Crippen LogP contribution is 2.32. The van der Waals surface area contributed by atoms with Crippen molar-refractivity contribution in [3.8, 4) is 0 Å². The Kier molecular flexibility index (Phi) is 4.29. The Hall–Kier alpha value is -1.21. The first kappa shape index (κ1) is 15.2. The van der Waals surface area contributed by atoms with Gasteiger partial charge in [-0.15, -0.1) is 0 Å². The summed E-state index contributed by atoms with van der Waals surface area (Å²) < 4.78 is 6.67. The van der Waals surface area contributed by atoms with Gasteiger partial charge in [-0.2, -0.15) is 0 Å². The predicted octanol–water partition coefficient (Wildman–Crippen LogP) is 3.15. The van der Waals surface area contributed by atoms with Crippen LogP contribution in [0.3, 0.4) is 0 Å². The van der Waals surface area contributed by atoms with Crippen molar-refractivity contribution in [2.75, 3.05) is 18.0 Å². The number of hydrogen-bond donors (Lipinski definition) is 0. The quantitative estimate of drug-likeness (QED) is 0.622. The van der Waals surface area contributed by atoms with E-state index in [4.69, 9.17) is 4.74 Å². The number of hydrogen-bond acceptors (Lipinski definition) is 5. The van der Waals surface area contributed by atoms with Crippen LogP contribution in [0.2, 0.25) is 0 Å². The maximum absolute atomic E-state index is 11.1. The molecule has 0 saturated carbocycles. The van der Waals surface area contributed by atoms with Crippen molar-refractivity contribution in [3.05, 3.63) is 26.9 Å². The molecule has 0 bridgehead atoms. The Balaban J connectivity index is 2.17. The highest BCUT2D eigenvalue weighted by Gasteiger charge is 2.31. The van der Waals surface area contributed by atoms with Gasteiger partial charge in [0.2, 0.25) is 0 Å². The number of pyridine rings is 1. The number of ether oxygens (including phenoxy) is 1. The molecule has 1 aliphatic heterocycles. The summed E-state index contributed by atoms with van der Waals surface area (Å²) in [6, 6.07) is 1.74. The Morgan fingerprint density at radius 3 is 2.85 bits per heavy atom. The van der Waals surface area contributed by atoms with Gasteiger partial charge in [0, 0.05) is 13.1 Å². The summed E-state index contributed by atoms with van der Waals surface area (Å²) in [7, 11) is 0. The Morgan fingerprint density at radius 2 is 2.25 bits per heavy atom. The van der Waals surface area contributed by atoms with Crippen LogP contribution < -0.4 is 4.90 Å². The molecule has 0 N–H and O–H groups in total. The molecule has 1 aromatic heterocycles. The normalized spacial score (nSPS) is 19.4. The lowest BCUT2D eigenvalue weighted by molar-refractivity contribution is -0.388. The highest BCUT2D eigenvalue weighted by atomic mass is 79.9. The second kappa shape index (κ2) is 5.65. The molecule has 2 rings (SSSR count). The van der Waals surface area contributed by atoms with Crippen LogP contribution in [0.1, 0.15) is 27.2 Å². The molecule has 0 radical (unpaired) electrons. The number of anilines is 1. The molecule has 0 amide bonds. The standard InChI is InChI=1S/C13H18BrN3O3/c1-13(2,3)20-10-4-5-16(8-10)11-6-9(14)7-15-12(11)17(18)19/h6-7,10H,4-5,8H2,1-3H3. The SMILES string of the molecule is CC(C)(C)OC1CCN(c2cc(Br)cnc2[N+](=O)[O-])C1. The lowest BCUT2D eigenvalue weighted by Crippen LogP contribution is -2.30. The molecule has 0 aliphatic carbocycles. The summed E-state index contributed by atoms with van der Waals surface area (Å²) in [5.74, 6) is -0.107. The topological polar surface area (TPSA) is 68.5 Å². The second-order valence-electron chi connectivity index (χ2n) is 5.84. The van der Waals surface area contributed by atoms with Gasteiger partial charge >= 0.3 is 5.82 Å².